The number of hydrogen-bond acceptors (Lipinski definition) is 4. The molecule has 3 N–H and O–H groups in total. The van der Waals surface area contributed by atoms with E-state index in [1.54, 1.807) is 20.4 Å². The highest BCUT2D eigenvalue weighted by Gasteiger charge is 2.19. The van der Waals surface area contributed by atoms with Gasteiger partial charge in [0.2, 0.25) is 11.9 Å². The summed E-state index contributed by atoms with van der Waals surface area (Å²) in [5, 5.41) is 7.19. The predicted molar refractivity (Wildman–Crippen MR) is 92.5 cm³/mol. The van der Waals surface area contributed by atoms with Gasteiger partial charge >= 0.3 is 0 Å². The number of methoxy groups -OCH3 is 2. The molecule has 0 aliphatic rings. The second kappa shape index (κ2) is 7.44. The van der Waals surface area contributed by atoms with Crippen LogP contribution in [0.1, 0.15) is 11.1 Å². The van der Waals surface area contributed by atoms with E-state index in [2.05, 4.69) is 23.3 Å². The van der Waals surface area contributed by atoms with Crippen molar-refractivity contribution in [3.63, 3.8) is 0 Å². The number of hydrogen-bond donors (Lipinski definition) is 2. The van der Waals surface area contributed by atoms with Crippen molar-refractivity contribution in [3.8, 4) is 28.4 Å². The summed E-state index contributed by atoms with van der Waals surface area (Å²) in [4.78, 5) is 0. The summed E-state index contributed by atoms with van der Waals surface area (Å²) in [6.07, 6.45) is 1.77. The van der Waals surface area contributed by atoms with E-state index in [4.69, 9.17) is 15.2 Å². The van der Waals surface area contributed by atoms with Gasteiger partial charge in [0.15, 0.2) is 5.69 Å². The van der Waals surface area contributed by atoms with Crippen molar-refractivity contribution < 1.29 is 26.6 Å². The fraction of sp³-hybridized carbons (Fsp3) is 0.222. The van der Waals surface area contributed by atoms with Gasteiger partial charge in [0.05, 0.1) is 19.9 Å². The number of halogens is 1. The molecule has 0 amide bonds. The second-order valence-corrected chi connectivity index (χ2v) is 5.63. The average molecular weight is 361 g/mol. The Labute approximate surface area is 153 Å². The van der Waals surface area contributed by atoms with Crippen LogP contribution in [-0.4, -0.2) is 24.5 Å². The standard InChI is InChI=1S/C18H20N4O2.ClH/c1-11-7-14(9-18(24-4)12(11)2)22-16(10-20-21-22)13-5-6-17(23-3)15(19)8-13;/h5-10H,19H2,1-4H3;1H. The quantitative estimate of drug-likeness (QED) is 0.489. The first-order chi connectivity index (χ1) is 11.5. The average Bonchev–Trinajstić information content (AvgIpc) is 3.06. The highest BCUT2D eigenvalue weighted by molar-refractivity contribution is 5.66. The first-order valence-corrected chi connectivity index (χ1v) is 7.60. The molecule has 0 bridgehead atoms. The number of benzene rings is 2. The maximum absolute atomic E-state index is 6.03. The number of aromatic nitrogens is 3. The fourth-order valence-electron chi connectivity index (χ4n) is 2.70. The highest BCUT2D eigenvalue weighted by atomic mass is 35.5. The molecular formula is C18H21ClN4O2. The van der Waals surface area contributed by atoms with Crippen molar-refractivity contribution in [2.75, 3.05) is 20.0 Å². The van der Waals surface area contributed by atoms with E-state index < -0.39 is 0 Å². The third kappa shape index (κ3) is 3.39. The van der Waals surface area contributed by atoms with Crippen LogP contribution in [0.25, 0.3) is 16.9 Å². The van der Waals surface area contributed by atoms with Gasteiger partial charge in [-0.05, 0) is 49.2 Å². The van der Waals surface area contributed by atoms with Crippen LogP contribution >= 0.6 is 0 Å². The Kier molecular flexibility index (Phi) is 5.54. The molecule has 132 valence electrons. The molecule has 0 unspecified atom stereocenters. The number of nitrogens with two attached hydrogens (primary N) is 1. The van der Waals surface area contributed by atoms with Gasteiger partial charge in [0.1, 0.15) is 11.5 Å². The molecule has 6 nitrogen and oxygen atoms in total. The van der Waals surface area contributed by atoms with Crippen LogP contribution in [0.5, 0.6) is 11.5 Å². The summed E-state index contributed by atoms with van der Waals surface area (Å²) in [5.74, 6) is 1.49. The number of rotatable bonds is 4. The van der Waals surface area contributed by atoms with Gasteiger partial charge in [-0.2, -0.15) is 0 Å². The van der Waals surface area contributed by atoms with Gasteiger partial charge in [0, 0.05) is 16.7 Å². The zero-order valence-electron chi connectivity index (χ0n) is 14.6. The maximum atomic E-state index is 6.03. The number of anilines is 1. The topological polar surface area (TPSA) is 77.0 Å². The molecule has 0 spiro atoms. The molecule has 0 radical (unpaired) electrons. The molecule has 0 aliphatic heterocycles. The Morgan fingerprint density at radius 3 is 2.40 bits per heavy atom. The smallest absolute Gasteiger partial charge is 0.214 e. The normalized spacial score (nSPS) is 10.2. The molecule has 7 heteroatoms. The minimum absolute atomic E-state index is 0. The van der Waals surface area contributed by atoms with E-state index in [1.807, 2.05) is 35.9 Å². The van der Waals surface area contributed by atoms with E-state index in [0.717, 1.165) is 33.8 Å². The second-order valence-electron chi connectivity index (χ2n) is 5.63. The van der Waals surface area contributed by atoms with E-state index in [-0.39, 0.29) is 12.4 Å². The third-order valence-electron chi connectivity index (χ3n) is 4.19. The van der Waals surface area contributed by atoms with E-state index in [1.165, 1.54) is 0 Å². The molecule has 0 aliphatic carbocycles. The summed E-state index contributed by atoms with van der Waals surface area (Å²) < 4.78 is 12.6. The molecule has 3 rings (SSSR count). The van der Waals surface area contributed by atoms with Crippen molar-refractivity contribution in [1.29, 1.82) is 0 Å². The van der Waals surface area contributed by atoms with Crippen molar-refractivity contribution in [2.45, 2.75) is 13.8 Å². The van der Waals surface area contributed by atoms with E-state index in [9.17, 15) is 0 Å². The molecule has 3 aromatic rings. The maximum Gasteiger partial charge on any atom is 0.214 e. The monoisotopic (exact) mass is 360 g/mol. The number of ether oxygens (including phenoxy) is 2. The highest BCUT2D eigenvalue weighted by Crippen LogP contribution is 2.28. The first-order valence-electron chi connectivity index (χ1n) is 7.60. The molecule has 0 saturated heterocycles. The van der Waals surface area contributed by atoms with Gasteiger partial charge < -0.3 is 27.6 Å². The Hall–Kier alpha value is -2.73. The lowest BCUT2D eigenvalue weighted by Crippen LogP contribution is -3.00. The van der Waals surface area contributed by atoms with E-state index in [0.29, 0.717) is 11.4 Å². The van der Waals surface area contributed by atoms with Crippen LogP contribution in [0, 0.1) is 13.8 Å². The molecule has 25 heavy (non-hydrogen) atoms. The number of nitrogen functional groups attached to an aromatic ring is 1. The molecule has 1 heterocycles. The number of H-pyrrole nitrogens is 1. The number of nitrogens with zero attached hydrogens (tertiary/aromatic N) is 2. The van der Waals surface area contributed by atoms with Crippen molar-refractivity contribution in [1.82, 2.24) is 10.3 Å². The SMILES string of the molecule is COc1ccc(-c2cn[nH][n+]2-c2cc(C)c(C)c(OC)c2)cc1N.[Cl-]. The largest absolute Gasteiger partial charge is 1.00 e. The Morgan fingerprint density at radius 2 is 1.76 bits per heavy atom. The molecular weight excluding hydrogens is 340 g/mol. The zero-order chi connectivity index (χ0) is 17.3. The summed E-state index contributed by atoms with van der Waals surface area (Å²) in [6.45, 7) is 4.10. The molecule has 2 aromatic carbocycles. The van der Waals surface area contributed by atoms with Gasteiger partial charge in [-0.15, -0.1) is 4.68 Å². The van der Waals surface area contributed by atoms with Crippen LogP contribution in [-0.2, 0) is 0 Å². The van der Waals surface area contributed by atoms with Crippen molar-refractivity contribution in [3.05, 3.63) is 47.7 Å². The lowest BCUT2D eigenvalue weighted by Gasteiger charge is -2.10. The van der Waals surface area contributed by atoms with Gasteiger partial charge in [0.25, 0.3) is 0 Å². The van der Waals surface area contributed by atoms with E-state index >= 15 is 0 Å². The number of aryl methyl sites for hydroxylation is 1. The van der Waals surface area contributed by atoms with Gasteiger partial charge in [-0.1, -0.05) is 5.21 Å². The Morgan fingerprint density at radius 1 is 1.04 bits per heavy atom. The lowest BCUT2D eigenvalue weighted by atomic mass is 10.1. The zero-order valence-corrected chi connectivity index (χ0v) is 15.4. The fourth-order valence-corrected chi connectivity index (χ4v) is 2.70. The minimum Gasteiger partial charge on any atom is -1.00 e. The summed E-state index contributed by atoms with van der Waals surface area (Å²) in [6, 6.07) is 9.75. The summed E-state index contributed by atoms with van der Waals surface area (Å²) >= 11 is 0. The van der Waals surface area contributed by atoms with Crippen LogP contribution in [0.2, 0.25) is 0 Å². The molecule has 0 fully saturated rings. The van der Waals surface area contributed by atoms with Crippen LogP contribution in [0.4, 0.5) is 5.69 Å². The Bertz CT molecular complexity index is 893. The van der Waals surface area contributed by atoms with Gasteiger partial charge in [-0.3, -0.25) is 0 Å². The lowest BCUT2D eigenvalue weighted by molar-refractivity contribution is -0.648. The molecule has 0 atom stereocenters. The van der Waals surface area contributed by atoms with Crippen molar-refractivity contribution >= 4 is 5.69 Å². The van der Waals surface area contributed by atoms with Crippen LogP contribution < -0.4 is 32.3 Å². The minimum atomic E-state index is 0. The Balaban J connectivity index is 0.00000225. The number of nitrogens with one attached hydrogen (secondary N) is 1. The first kappa shape index (κ1) is 18.6. The molecule has 0 saturated carbocycles. The van der Waals surface area contributed by atoms with Crippen LogP contribution in [0.3, 0.4) is 0 Å². The predicted octanol–water partition coefficient (Wildman–Crippen LogP) is -0.426. The summed E-state index contributed by atoms with van der Waals surface area (Å²) in [7, 11) is 3.28. The van der Waals surface area contributed by atoms with Crippen LogP contribution in [0.15, 0.2) is 36.5 Å². The third-order valence-corrected chi connectivity index (χ3v) is 4.19. The summed E-state index contributed by atoms with van der Waals surface area (Å²) in [5.41, 5.74) is 11.7. The molecule has 1 aromatic heterocycles. The van der Waals surface area contributed by atoms with Gasteiger partial charge in [-0.25, -0.2) is 0 Å². The van der Waals surface area contributed by atoms with Crippen molar-refractivity contribution in [2.24, 2.45) is 0 Å². The number of aromatic amines is 1.